The number of esters is 2. The predicted molar refractivity (Wildman–Crippen MR) is 120 cm³/mol. The van der Waals surface area contributed by atoms with Crippen LogP contribution in [0.15, 0.2) is 106 Å². The van der Waals surface area contributed by atoms with Crippen molar-refractivity contribution < 1.29 is 23.3 Å². The summed E-state index contributed by atoms with van der Waals surface area (Å²) in [5.74, 6) is -1.76. The highest BCUT2D eigenvalue weighted by atomic mass is 32.2. The molecule has 0 N–H and O–H groups in total. The molecule has 0 spiro atoms. The molecule has 0 heterocycles. The second kappa shape index (κ2) is 10.00. The molecule has 3 aromatic rings. The van der Waals surface area contributed by atoms with Crippen molar-refractivity contribution in [1.82, 2.24) is 0 Å². The van der Waals surface area contributed by atoms with E-state index in [0.717, 1.165) is 0 Å². The lowest BCUT2D eigenvalue weighted by Gasteiger charge is -2.17. The van der Waals surface area contributed by atoms with Crippen LogP contribution in [0.3, 0.4) is 0 Å². The minimum absolute atomic E-state index is 0.0788. The number of ether oxygens (including phenoxy) is 2. The molecule has 0 saturated heterocycles. The molecule has 0 atom stereocenters. The summed E-state index contributed by atoms with van der Waals surface area (Å²) in [7, 11) is -0.508. The molecule has 0 fully saturated rings. The van der Waals surface area contributed by atoms with E-state index in [-0.39, 0.29) is 11.3 Å². The first kappa shape index (κ1) is 22.2. The molecule has 31 heavy (non-hydrogen) atoms. The summed E-state index contributed by atoms with van der Waals surface area (Å²) in [6.07, 6.45) is 0. The van der Waals surface area contributed by atoms with Crippen LogP contribution in [0.25, 0.3) is 5.57 Å². The minimum Gasteiger partial charge on any atom is -0.465 e. The van der Waals surface area contributed by atoms with E-state index >= 15 is 0 Å². The van der Waals surface area contributed by atoms with E-state index in [0.29, 0.717) is 20.9 Å². The van der Waals surface area contributed by atoms with Gasteiger partial charge in [-0.15, -0.1) is 0 Å². The van der Waals surface area contributed by atoms with Crippen molar-refractivity contribution in [3.8, 4) is 0 Å². The van der Waals surface area contributed by atoms with E-state index in [2.05, 4.69) is 0 Å². The van der Waals surface area contributed by atoms with Crippen LogP contribution in [0, 0.1) is 0 Å². The van der Waals surface area contributed by atoms with Crippen molar-refractivity contribution in [2.45, 2.75) is 9.79 Å². The molecular formula is C25H23O5S+. The maximum absolute atomic E-state index is 14.6. The second-order valence-corrected chi connectivity index (χ2v) is 9.23. The SMILES string of the molecule is COC(=O)C(C(=O)OC)=C(C[S+](=O)(c1ccccc1)c1ccccc1)c1ccccc1. The third kappa shape index (κ3) is 4.81. The summed E-state index contributed by atoms with van der Waals surface area (Å²) in [5, 5.41) is 0. The van der Waals surface area contributed by atoms with Crippen molar-refractivity contribution in [3.05, 3.63) is 102 Å². The van der Waals surface area contributed by atoms with Gasteiger partial charge >= 0.3 is 11.9 Å². The number of carbonyl (C=O) groups is 2. The zero-order chi connectivity index (χ0) is 22.3. The normalized spacial score (nSPS) is 10.8. The molecule has 6 heteroatoms. The Balaban J connectivity index is 2.30. The van der Waals surface area contributed by atoms with E-state index in [1.165, 1.54) is 14.2 Å². The number of hydrogen-bond donors (Lipinski definition) is 0. The van der Waals surface area contributed by atoms with Gasteiger partial charge in [-0.3, -0.25) is 0 Å². The first-order valence-corrected chi connectivity index (χ1v) is 11.3. The average molecular weight is 436 g/mol. The fourth-order valence-corrected chi connectivity index (χ4v) is 5.78. The molecule has 0 radical (unpaired) electrons. The van der Waals surface area contributed by atoms with Crippen molar-refractivity contribution in [1.29, 1.82) is 0 Å². The van der Waals surface area contributed by atoms with Gasteiger partial charge < -0.3 is 9.47 Å². The van der Waals surface area contributed by atoms with Crippen LogP contribution < -0.4 is 0 Å². The molecule has 0 aliphatic heterocycles. The molecule has 3 rings (SSSR count). The summed E-state index contributed by atoms with van der Waals surface area (Å²) < 4.78 is 24.3. The summed E-state index contributed by atoms with van der Waals surface area (Å²) in [5.41, 5.74) is 0.626. The van der Waals surface area contributed by atoms with Crippen LogP contribution in [0.1, 0.15) is 5.56 Å². The molecule has 0 aliphatic rings. The van der Waals surface area contributed by atoms with E-state index in [4.69, 9.17) is 9.47 Å². The zero-order valence-electron chi connectivity index (χ0n) is 17.3. The van der Waals surface area contributed by atoms with Gasteiger partial charge in [0, 0.05) is 5.57 Å². The van der Waals surface area contributed by atoms with Crippen LogP contribution in [0.2, 0.25) is 0 Å². The molecule has 0 aliphatic carbocycles. The second-order valence-electron chi connectivity index (χ2n) is 6.65. The highest BCUT2D eigenvalue weighted by Gasteiger charge is 2.39. The fourth-order valence-electron chi connectivity index (χ4n) is 3.26. The highest BCUT2D eigenvalue weighted by molar-refractivity contribution is 8.03. The lowest BCUT2D eigenvalue weighted by molar-refractivity contribution is -0.143. The van der Waals surface area contributed by atoms with Gasteiger partial charge in [-0.05, 0) is 29.8 Å². The molecule has 0 bridgehead atoms. The standard InChI is InChI=1S/C25H23O5S/c1-29-24(26)23(25(27)30-2)22(19-12-6-3-7-13-19)18-31(28,20-14-8-4-9-15-20)21-16-10-5-11-17-21/h3-17H,18H2,1-2H3/q+1. The van der Waals surface area contributed by atoms with Crippen molar-refractivity contribution in [2.24, 2.45) is 0 Å². The lowest BCUT2D eigenvalue weighted by atomic mass is 10.0. The molecule has 158 valence electrons. The largest absolute Gasteiger partial charge is 0.465 e. The molecule has 0 unspecified atom stereocenters. The van der Waals surface area contributed by atoms with Gasteiger partial charge in [-0.1, -0.05) is 70.9 Å². The zero-order valence-corrected chi connectivity index (χ0v) is 18.1. The van der Waals surface area contributed by atoms with E-state index < -0.39 is 21.9 Å². The third-order valence-corrected chi connectivity index (χ3v) is 7.56. The molecular weight excluding hydrogens is 412 g/mol. The molecule has 0 aromatic heterocycles. The molecule has 3 aromatic carbocycles. The summed E-state index contributed by atoms with van der Waals surface area (Å²) >= 11 is 0. The first-order valence-electron chi connectivity index (χ1n) is 9.58. The first-order chi connectivity index (χ1) is 15.0. The maximum Gasteiger partial charge on any atom is 0.345 e. The van der Waals surface area contributed by atoms with Crippen LogP contribution in [-0.4, -0.2) is 31.9 Å². The fraction of sp³-hybridized carbons (Fsp3) is 0.120. The Morgan fingerprint density at radius 2 is 1.06 bits per heavy atom. The minimum atomic E-state index is -2.90. The van der Waals surface area contributed by atoms with Crippen molar-refractivity contribution in [2.75, 3.05) is 20.0 Å². The van der Waals surface area contributed by atoms with Crippen LogP contribution in [0.4, 0.5) is 0 Å². The Bertz CT molecular complexity index is 1060. The lowest BCUT2D eigenvalue weighted by Crippen LogP contribution is -2.24. The molecule has 0 saturated carbocycles. The average Bonchev–Trinajstić information content (AvgIpc) is 2.84. The van der Waals surface area contributed by atoms with E-state index in [1.807, 2.05) is 42.5 Å². The Morgan fingerprint density at radius 1 is 0.677 bits per heavy atom. The quantitative estimate of drug-likeness (QED) is 0.181. The predicted octanol–water partition coefficient (Wildman–Crippen LogP) is 4.40. The van der Waals surface area contributed by atoms with Crippen LogP contribution in [-0.2, 0) is 33.2 Å². The number of rotatable bonds is 7. The smallest absolute Gasteiger partial charge is 0.345 e. The van der Waals surface area contributed by atoms with Gasteiger partial charge in [0.2, 0.25) is 0 Å². The van der Waals surface area contributed by atoms with Gasteiger partial charge in [0.25, 0.3) is 0 Å². The summed E-state index contributed by atoms with van der Waals surface area (Å²) in [6, 6.07) is 27.0. The van der Waals surface area contributed by atoms with Gasteiger partial charge in [-0.2, -0.15) is 0 Å². The topological polar surface area (TPSA) is 69.7 Å². The summed E-state index contributed by atoms with van der Waals surface area (Å²) in [4.78, 5) is 26.4. The maximum atomic E-state index is 14.6. The highest BCUT2D eigenvalue weighted by Crippen LogP contribution is 2.35. The monoisotopic (exact) mass is 435 g/mol. The third-order valence-electron chi connectivity index (χ3n) is 4.80. The number of methoxy groups -OCH3 is 2. The number of hydrogen-bond acceptors (Lipinski definition) is 5. The van der Waals surface area contributed by atoms with Gasteiger partial charge in [0.15, 0.2) is 25.3 Å². The Hall–Kier alpha value is -3.51. The van der Waals surface area contributed by atoms with Crippen LogP contribution in [0.5, 0.6) is 0 Å². The number of carbonyl (C=O) groups excluding carboxylic acids is 2. The summed E-state index contributed by atoms with van der Waals surface area (Å²) in [6.45, 7) is 0. The Kier molecular flexibility index (Phi) is 7.15. The van der Waals surface area contributed by atoms with Crippen molar-refractivity contribution >= 4 is 27.4 Å². The Morgan fingerprint density at radius 3 is 1.45 bits per heavy atom. The van der Waals surface area contributed by atoms with Gasteiger partial charge in [0.05, 0.1) is 14.2 Å². The molecule has 0 amide bonds. The van der Waals surface area contributed by atoms with Gasteiger partial charge in [0.1, 0.15) is 5.75 Å². The Labute approximate surface area is 182 Å². The van der Waals surface area contributed by atoms with E-state index in [9.17, 15) is 13.8 Å². The van der Waals surface area contributed by atoms with Gasteiger partial charge in [-0.25, -0.2) is 9.59 Å². The van der Waals surface area contributed by atoms with Crippen LogP contribution >= 0.6 is 0 Å². The van der Waals surface area contributed by atoms with E-state index in [1.54, 1.807) is 48.5 Å². The number of benzene rings is 3. The molecule has 5 nitrogen and oxygen atoms in total. The van der Waals surface area contributed by atoms with Crippen molar-refractivity contribution in [3.63, 3.8) is 0 Å².